The monoisotopic (exact) mass is 330 g/mol. The van der Waals surface area contributed by atoms with E-state index in [1.54, 1.807) is 0 Å². The van der Waals surface area contributed by atoms with Gasteiger partial charge in [0, 0.05) is 24.2 Å². The van der Waals surface area contributed by atoms with E-state index >= 15 is 0 Å². The SMILES string of the molecule is CCC(C)c1cc2c(cc1-c1ccn(C)n1)C(C)(C)c1ccccc1-2. The van der Waals surface area contributed by atoms with Crippen molar-refractivity contribution in [3.05, 3.63) is 65.4 Å². The third-order valence-electron chi connectivity index (χ3n) is 5.89. The fraction of sp³-hybridized carbons (Fsp3) is 0.348. The maximum Gasteiger partial charge on any atom is 0.0925 e. The summed E-state index contributed by atoms with van der Waals surface area (Å²) in [6.07, 6.45) is 3.16. The average Bonchev–Trinajstić information content (AvgIpc) is 3.14. The number of aryl methyl sites for hydroxylation is 1. The first kappa shape index (κ1) is 16.1. The average molecular weight is 330 g/mol. The number of hydrogen-bond acceptors (Lipinski definition) is 1. The zero-order chi connectivity index (χ0) is 17.8. The molecule has 25 heavy (non-hydrogen) atoms. The quantitative estimate of drug-likeness (QED) is 0.584. The minimum Gasteiger partial charge on any atom is -0.275 e. The van der Waals surface area contributed by atoms with Crippen LogP contribution in [0.3, 0.4) is 0 Å². The predicted octanol–water partition coefficient (Wildman–Crippen LogP) is 5.91. The fourth-order valence-corrected chi connectivity index (χ4v) is 4.17. The van der Waals surface area contributed by atoms with Gasteiger partial charge in [0.15, 0.2) is 0 Å². The Kier molecular flexibility index (Phi) is 3.61. The number of aromatic nitrogens is 2. The van der Waals surface area contributed by atoms with Crippen LogP contribution < -0.4 is 0 Å². The van der Waals surface area contributed by atoms with Crippen molar-refractivity contribution < 1.29 is 0 Å². The zero-order valence-electron chi connectivity index (χ0n) is 15.8. The molecule has 1 aliphatic rings. The minimum atomic E-state index is 0.0312. The molecule has 0 aliphatic heterocycles. The van der Waals surface area contributed by atoms with Gasteiger partial charge in [-0.1, -0.05) is 52.0 Å². The molecule has 0 N–H and O–H groups in total. The molecule has 0 bridgehead atoms. The smallest absolute Gasteiger partial charge is 0.0925 e. The first-order chi connectivity index (χ1) is 11.9. The van der Waals surface area contributed by atoms with Crippen LogP contribution >= 0.6 is 0 Å². The molecule has 4 rings (SSSR count). The van der Waals surface area contributed by atoms with Gasteiger partial charge in [-0.05, 0) is 58.4 Å². The van der Waals surface area contributed by atoms with E-state index in [1.165, 1.54) is 33.4 Å². The second-order valence-corrected chi connectivity index (χ2v) is 7.84. The molecule has 0 saturated carbocycles. The predicted molar refractivity (Wildman–Crippen MR) is 105 cm³/mol. The van der Waals surface area contributed by atoms with Gasteiger partial charge < -0.3 is 0 Å². The van der Waals surface area contributed by atoms with Crippen LogP contribution in [0.1, 0.15) is 56.7 Å². The lowest BCUT2D eigenvalue weighted by Crippen LogP contribution is -2.15. The number of rotatable bonds is 3. The summed E-state index contributed by atoms with van der Waals surface area (Å²) in [6, 6.07) is 15.8. The van der Waals surface area contributed by atoms with Crippen molar-refractivity contribution in [3.63, 3.8) is 0 Å². The third-order valence-corrected chi connectivity index (χ3v) is 5.89. The molecular formula is C23H26N2. The van der Waals surface area contributed by atoms with E-state index in [9.17, 15) is 0 Å². The molecule has 2 heteroatoms. The summed E-state index contributed by atoms with van der Waals surface area (Å²) in [7, 11) is 1.99. The van der Waals surface area contributed by atoms with E-state index in [0.717, 1.165) is 12.1 Å². The highest BCUT2D eigenvalue weighted by Gasteiger charge is 2.36. The Hall–Kier alpha value is -2.35. The second kappa shape index (κ2) is 5.59. The van der Waals surface area contributed by atoms with E-state index in [2.05, 4.69) is 70.2 Å². The highest BCUT2D eigenvalue weighted by molar-refractivity contribution is 5.84. The Morgan fingerprint density at radius 3 is 2.44 bits per heavy atom. The molecule has 0 fully saturated rings. The van der Waals surface area contributed by atoms with Gasteiger partial charge in [0.1, 0.15) is 0 Å². The van der Waals surface area contributed by atoms with Crippen molar-refractivity contribution in [2.24, 2.45) is 7.05 Å². The molecule has 0 saturated heterocycles. The van der Waals surface area contributed by atoms with Gasteiger partial charge in [0.25, 0.3) is 0 Å². The number of fused-ring (bicyclic) bond motifs is 3. The minimum absolute atomic E-state index is 0.0312. The molecule has 1 aromatic heterocycles. The zero-order valence-corrected chi connectivity index (χ0v) is 15.8. The van der Waals surface area contributed by atoms with Gasteiger partial charge >= 0.3 is 0 Å². The van der Waals surface area contributed by atoms with Gasteiger partial charge in [-0.2, -0.15) is 5.10 Å². The lowest BCUT2D eigenvalue weighted by atomic mass is 9.80. The Balaban J connectivity index is 2.02. The molecule has 1 unspecified atom stereocenters. The van der Waals surface area contributed by atoms with Crippen molar-refractivity contribution in [1.82, 2.24) is 9.78 Å². The van der Waals surface area contributed by atoms with Crippen LogP contribution in [0.25, 0.3) is 22.4 Å². The summed E-state index contributed by atoms with van der Waals surface area (Å²) in [5, 5.41) is 4.70. The molecular weight excluding hydrogens is 304 g/mol. The molecule has 1 aliphatic carbocycles. The van der Waals surface area contributed by atoms with Crippen LogP contribution in [-0.2, 0) is 12.5 Å². The summed E-state index contributed by atoms with van der Waals surface area (Å²) in [4.78, 5) is 0. The Labute approximate surface area is 150 Å². The second-order valence-electron chi connectivity index (χ2n) is 7.84. The van der Waals surface area contributed by atoms with E-state index in [1.807, 2.05) is 17.9 Å². The Bertz CT molecular complexity index is 946. The van der Waals surface area contributed by atoms with Gasteiger partial charge in [-0.25, -0.2) is 0 Å². The molecule has 3 aromatic rings. The molecule has 0 radical (unpaired) electrons. The van der Waals surface area contributed by atoms with Gasteiger partial charge in [0.2, 0.25) is 0 Å². The molecule has 0 spiro atoms. The standard InChI is InChI=1S/C23H26N2/c1-6-15(2)17-13-18-16-9-7-8-10-20(16)23(3,4)21(18)14-19(17)22-11-12-25(5)24-22/h7-15H,6H2,1-5H3. The molecule has 128 valence electrons. The maximum atomic E-state index is 4.70. The van der Waals surface area contributed by atoms with Crippen molar-refractivity contribution in [1.29, 1.82) is 0 Å². The number of hydrogen-bond donors (Lipinski definition) is 0. The third kappa shape index (κ3) is 2.35. The molecule has 1 atom stereocenters. The lowest BCUT2D eigenvalue weighted by Gasteiger charge is -2.23. The molecule has 0 amide bonds. The first-order valence-corrected chi connectivity index (χ1v) is 9.21. The van der Waals surface area contributed by atoms with E-state index in [0.29, 0.717) is 5.92 Å². The summed E-state index contributed by atoms with van der Waals surface area (Å²) in [5.41, 5.74) is 9.44. The van der Waals surface area contributed by atoms with Crippen molar-refractivity contribution in [3.8, 4) is 22.4 Å². The van der Waals surface area contributed by atoms with Crippen LogP contribution in [0, 0.1) is 0 Å². The highest BCUT2D eigenvalue weighted by Crippen LogP contribution is 2.51. The first-order valence-electron chi connectivity index (χ1n) is 9.21. The van der Waals surface area contributed by atoms with E-state index < -0.39 is 0 Å². The van der Waals surface area contributed by atoms with Crippen molar-refractivity contribution >= 4 is 0 Å². The van der Waals surface area contributed by atoms with Crippen LogP contribution in [0.4, 0.5) is 0 Å². The fourth-order valence-electron chi connectivity index (χ4n) is 4.17. The van der Waals surface area contributed by atoms with Crippen LogP contribution in [0.5, 0.6) is 0 Å². The van der Waals surface area contributed by atoms with E-state index in [-0.39, 0.29) is 5.41 Å². The maximum absolute atomic E-state index is 4.70. The normalized spacial score (nSPS) is 15.7. The number of benzene rings is 2. The summed E-state index contributed by atoms with van der Waals surface area (Å²) >= 11 is 0. The molecule has 2 nitrogen and oxygen atoms in total. The van der Waals surface area contributed by atoms with Gasteiger partial charge in [-0.3, -0.25) is 4.68 Å². The Morgan fingerprint density at radius 2 is 1.76 bits per heavy atom. The van der Waals surface area contributed by atoms with Crippen LogP contribution in [0.15, 0.2) is 48.7 Å². The molecule has 2 aromatic carbocycles. The molecule has 1 heterocycles. The largest absolute Gasteiger partial charge is 0.275 e. The van der Waals surface area contributed by atoms with Crippen molar-refractivity contribution in [2.75, 3.05) is 0 Å². The van der Waals surface area contributed by atoms with Crippen LogP contribution in [0.2, 0.25) is 0 Å². The number of nitrogens with zero attached hydrogens (tertiary/aromatic N) is 2. The lowest BCUT2D eigenvalue weighted by molar-refractivity contribution is 0.659. The van der Waals surface area contributed by atoms with Gasteiger partial charge in [-0.15, -0.1) is 0 Å². The summed E-state index contributed by atoms with van der Waals surface area (Å²) in [6.45, 7) is 9.25. The Morgan fingerprint density at radius 1 is 1.00 bits per heavy atom. The summed E-state index contributed by atoms with van der Waals surface area (Å²) < 4.78 is 1.89. The summed E-state index contributed by atoms with van der Waals surface area (Å²) in [5.74, 6) is 0.512. The van der Waals surface area contributed by atoms with Crippen molar-refractivity contribution in [2.45, 2.75) is 45.4 Å². The topological polar surface area (TPSA) is 17.8 Å². The highest BCUT2D eigenvalue weighted by atomic mass is 15.2. The van der Waals surface area contributed by atoms with E-state index in [4.69, 9.17) is 5.10 Å². The van der Waals surface area contributed by atoms with Crippen LogP contribution in [-0.4, -0.2) is 9.78 Å². The van der Waals surface area contributed by atoms with Gasteiger partial charge in [0.05, 0.1) is 5.69 Å².